The lowest BCUT2D eigenvalue weighted by molar-refractivity contribution is -0.128. The number of carbonyl (C=O) groups is 1. The molecule has 4 heteroatoms. The SMILES string of the molecule is CC[C@H](Oc1ccc(F)cc1)C(=O)NCCCc1ccc(C)cc1. The Morgan fingerprint density at radius 2 is 1.79 bits per heavy atom. The van der Waals surface area contributed by atoms with E-state index in [4.69, 9.17) is 4.74 Å². The highest BCUT2D eigenvalue weighted by Gasteiger charge is 2.17. The Bertz CT molecular complexity index is 638. The predicted octanol–water partition coefficient (Wildman–Crippen LogP) is 4.04. The van der Waals surface area contributed by atoms with Gasteiger partial charge in [-0.1, -0.05) is 36.8 Å². The second-order valence-electron chi connectivity index (χ2n) is 5.85. The number of halogens is 1. The molecule has 1 amide bonds. The summed E-state index contributed by atoms with van der Waals surface area (Å²) in [6.07, 6.45) is 1.80. The summed E-state index contributed by atoms with van der Waals surface area (Å²) in [5.74, 6) is 0.0414. The summed E-state index contributed by atoms with van der Waals surface area (Å²) in [6.45, 7) is 4.56. The number of hydrogen-bond donors (Lipinski definition) is 1. The third-order valence-corrected chi connectivity index (χ3v) is 3.82. The zero-order valence-electron chi connectivity index (χ0n) is 14.2. The maximum absolute atomic E-state index is 12.9. The second kappa shape index (κ2) is 9.06. The van der Waals surface area contributed by atoms with Gasteiger partial charge >= 0.3 is 0 Å². The molecule has 0 heterocycles. The van der Waals surface area contributed by atoms with Crippen molar-refractivity contribution in [2.75, 3.05) is 6.54 Å². The first kappa shape index (κ1) is 18.0. The number of carbonyl (C=O) groups excluding carboxylic acids is 1. The van der Waals surface area contributed by atoms with Crippen molar-refractivity contribution in [3.8, 4) is 5.75 Å². The number of aryl methyl sites for hydroxylation is 2. The van der Waals surface area contributed by atoms with Crippen LogP contribution in [0.2, 0.25) is 0 Å². The lowest BCUT2D eigenvalue weighted by Gasteiger charge is -2.17. The fourth-order valence-electron chi connectivity index (χ4n) is 2.37. The fraction of sp³-hybridized carbons (Fsp3) is 0.350. The summed E-state index contributed by atoms with van der Waals surface area (Å²) < 4.78 is 18.5. The molecule has 0 saturated carbocycles. The molecule has 2 rings (SSSR count). The van der Waals surface area contributed by atoms with E-state index in [1.807, 2.05) is 6.92 Å². The van der Waals surface area contributed by atoms with Crippen LogP contribution in [-0.4, -0.2) is 18.6 Å². The average Bonchev–Trinajstić information content (AvgIpc) is 2.59. The molecule has 0 saturated heterocycles. The minimum absolute atomic E-state index is 0.134. The molecular weight excluding hydrogens is 305 g/mol. The number of nitrogens with one attached hydrogen (secondary N) is 1. The normalized spacial score (nSPS) is 11.8. The van der Waals surface area contributed by atoms with Crippen molar-refractivity contribution in [1.82, 2.24) is 5.32 Å². The van der Waals surface area contributed by atoms with Crippen molar-refractivity contribution in [3.63, 3.8) is 0 Å². The Balaban J connectivity index is 1.75. The number of amides is 1. The third kappa shape index (κ3) is 5.69. The van der Waals surface area contributed by atoms with Crippen LogP contribution in [0.5, 0.6) is 5.75 Å². The summed E-state index contributed by atoms with van der Waals surface area (Å²) >= 11 is 0. The van der Waals surface area contributed by atoms with Gasteiger partial charge in [0.15, 0.2) is 6.10 Å². The minimum atomic E-state index is -0.560. The quantitative estimate of drug-likeness (QED) is 0.742. The second-order valence-corrected chi connectivity index (χ2v) is 5.85. The molecule has 0 aliphatic rings. The Morgan fingerprint density at radius 3 is 2.42 bits per heavy atom. The summed E-state index contributed by atoms with van der Waals surface area (Å²) in [4.78, 5) is 12.2. The van der Waals surface area contributed by atoms with Gasteiger partial charge in [-0.2, -0.15) is 0 Å². The predicted molar refractivity (Wildman–Crippen MR) is 93.6 cm³/mol. The Morgan fingerprint density at radius 1 is 1.12 bits per heavy atom. The highest BCUT2D eigenvalue weighted by atomic mass is 19.1. The van der Waals surface area contributed by atoms with Crippen LogP contribution in [0.4, 0.5) is 4.39 Å². The van der Waals surface area contributed by atoms with Gasteiger partial charge in [0, 0.05) is 6.54 Å². The highest BCUT2D eigenvalue weighted by Crippen LogP contribution is 2.14. The van der Waals surface area contributed by atoms with E-state index >= 15 is 0 Å². The Kier molecular flexibility index (Phi) is 6.79. The van der Waals surface area contributed by atoms with Crippen molar-refractivity contribution in [3.05, 3.63) is 65.5 Å². The summed E-state index contributed by atoms with van der Waals surface area (Å²) in [5.41, 5.74) is 2.51. The maximum Gasteiger partial charge on any atom is 0.261 e. The van der Waals surface area contributed by atoms with E-state index in [1.165, 1.54) is 35.4 Å². The van der Waals surface area contributed by atoms with Crippen LogP contribution < -0.4 is 10.1 Å². The van der Waals surface area contributed by atoms with Crippen molar-refractivity contribution < 1.29 is 13.9 Å². The van der Waals surface area contributed by atoms with Gasteiger partial charge < -0.3 is 10.1 Å². The zero-order chi connectivity index (χ0) is 17.4. The van der Waals surface area contributed by atoms with E-state index in [9.17, 15) is 9.18 Å². The van der Waals surface area contributed by atoms with Gasteiger partial charge in [0.05, 0.1) is 0 Å². The average molecular weight is 329 g/mol. The molecule has 1 atom stereocenters. The van der Waals surface area contributed by atoms with Crippen LogP contribution in [0.25, 0.3) is 0 Å². The van der Waals surface area contributed by atoms with Crippen LogP contribution >= 0.6 is 0 Å². The van der Waals surface area contributed by atoms with Crippen LogP contribution in [0.1, 0.15) is 30.9 Å². The first-order valence-corrected chi connectivity index (χ1v) is 8.34. The molecule has 0 radical (unpaired) electrons. The smallest absolute Gasteiger partial charge is 0.261 e. The van der Waals surface area contributed by atoms with Gasteiger partial charge in [0.2, 0.25) is 0 Å². The molecular formula is C20H24FNO2. The van der Waals surface area contributed by atoms with Crippen molar-refractivity contribution in [1.29, 1.82) is 0 Å². The molecule has 128 valence electrons. The molecule has 2 aromatic carbocycles. The lowest BCUT2D eigenvalue weighted by Crippen LogP contribution is -2.38. The van der Waals surface area contributed by atoms with E-state index in [2.05, 4.69) is 36.5 Å². The lowest BCUT2D eigenvalue weighted by atomic mass is 10.1. The van der Waals surface area contributed by atoms with Crippen LogP contribution in [-0.2, 0) is 11.2 Å². The molecule has 3 nitrogen and oxygen atoms in total. The van der Waals surface area contributed by atoms with Gasteiger partial charge in [0.25, 0.3) is 5.91 Å². The number of ether oxygens (including phenoxy) is 1. The standard InChI is InChI=1S/C20H24FNO2/c1-3-19(24-18-12-10-17(21)11-13-18)20(23)22-14-4-5-16-8-6-15(2)7-9-16/h6-13,19H,3-5,14H2,1-2H3,(H,22,23)/t19-/m0/s1. The van der Waals surface area contributed by atoms with E-state index < -0.39 is 6.10 Å². The van der Waals surface area contributed by atoms with E-state index in [0.29, 0.717) is 18.7 Å². The Hall–Kier alpha value is -2.36. The number of rotatable bonds is 8. The first-order valence-electron chi connectivity index (χ1n) is 8.34. The molecule has 0 aliphatic carbocycles. The van der Waals surface area contributed by atoms with Crippen LogP contribution in [0.15, 0.2) is 48.5 Å². The summed E-state index contributed by atoms with van der Waals surface area (Å²) in [6, 6.07) is 14.1. The molecule has 0 bridgehead atoms. The van der Waals surface area contributed by atoms with Gasteiger partial charge in [-0.05, 0) is 56.0 Å². The van der Waals surface area contributed by atoms with Gasteiger partial charge in [-0.3, -0.25) is 4.79 Å². The first-order chi connectivity index (χ1) is 11.6. The molecule has 0 unspecified atom stereocenters. The van der Waals surface area contributed by atoms with Crippen LogP contribution in [0.3, 0.4) is 0 Å². The molecule has 0 aliphatic heterocycles. The molecule has 24 heavy (non-hydrogen) atoms. The van der Waals surface area contributed by atoms with Crippen molar-refractivity contribution in [2.45, 2.75) is 39.2 Å². The van der Waals surface area contributed by atoms with Crippen molar-refractivity contribution in [2.24, 2.45) is 0 Å². The minimum Gasteiger partial charge on any atom is -0.481 e. The number of hydrogen-bond acceptors (Lipinski definition) is 2. The van der Waals surface area contributed by atoms with Gasteiger partial charge in [-0.25, -0.2) is 4.39 Å². The summed E-state index contributed by atoms with van der Waals surface area (Å²) in [5, 5.41) is 2.91. The molecule has 0 spiro atoms. The van der Waals surface area contributed by atoms with E-state index in [-0.39, 0.29) is 11.7 Å². The highest BCUT2D eigenvalue weighted by molar-refractivity contribution is 5.81. The fourth-order valence-corrected chi connectivity index (χ4v) is 2.37. The molecule has 2 aromatic rings. The zero-order valence-corrected chi connectivity index (χ0v) is 14.2. The topological polar surface area (TPSA) is 38.3 Å². The van der Waals surface area contributed by atoms with Gasteiger partial charge in [0.1, 0.15) is 11.6 Å². The van der Waals surface area contributed by atoms with Crippen LogP contribution in [0, 0.1) is 12.7 Å². The van der Waals surface area contributed by atoms with E-state index in [1.54, 1.807) is 0 Å². The Labute approximate surface area is 142 Å². The summed E-state index contributed by atoms with van der Waals surface area (Å²) in [7, 11) is 0. The monoisotopic (exact) mass is 329 g/mol. The molecule has 0 fully saturated rings. The van der Waals surface area contributed by atoms with Gasteiger partial charge in [-0.15, -0.1) is 0 Å². The van der Waals surface area contributed by atoms with E-state index in [0.717, 1.165) is 12.8 Å². The van der Waals surface area contributed by atoms with Crippen molar-refractivity contribution >= 4 is 5.91 Å². The largest absolute Gasteiger partial charge is 0.481 e. The molecule has 1 N–H and O–H groups in total. The molecule has 0 aromatic heterocycles. The third-order valence-electron chi connectivity index (χ3n) is 3.82. The number of benzene rings is 2. The maximum atomic E-state index is 12.9.